The Hall–Kier alpha value is -1.40. The van der Waals surface area contributed by atoms with E-state index in [1.165, 1.54) is 14.2 Å². The lowest BCUT2D eigenvalue weighted by Gasteiger charge is -2.13. The summed E-state index contributed by atoms with van der Waals surface area (Å²) in [4.78, 5) is 22.4. The third kappa shape index (κ3) is 5.29. The molecule has 1 amide bonds. The number of carbonyl (C=O) groups excluding carboxylic acids is 2. The largest absolute Gasteiger partial charge is 0.463 e. The number of amides is 1. The second kappa shape index (κ2) is 7.84. The van der Waals surface area contributed by atoms with Crippen LogP contribution in [0.2, 0.25) is 0 Å². The summed E-state index contributed by atoms with van der Waals surface area (Å²) >= 11 is 0. The number of carbonyl (C=O) groups is 2. The molecule has 1 aliphatic rings. The van der Waals surface area contributed by atoms with Crippen LogP contribution in [0.5, 0.6) is 0 Å². The third-order valence-electron chi connectivity index (χ3n) is 2.51. The quantitative estimate of drug-likeness (QED) is 0.508. The van der Waals surface area contributed by atoms with E-state index in [9.17, 15) is 9.59 Å². The van der Waals surface area contributed by atoms with Gasteiger partial charge in [0.25, 0.3) is 0 Å². The predicted octanol–water partition coefficient (Wildman–Crippen LogP) is -0.117. The second-order valence-electron chi connectivity index (χ2n) is 4.10. The minimum absolute atomic E-state index is 0.0150. The molecule has 18 heavy (non-hydrogen) atoms. The van der Waals surface area contributed by atoms with Crippen molar-refractivity contribution in [1.29, 1.82) is 0 Å². The monoisotopic (exact) mass is 257 g/mol. The van der Waals surface area contributed by atoms with E-state index in [0.717, 1.165) is 6.42 Å². The van der Waals surface area contributed by atoms with Gasteiger partial charge in [0.2, 0.25) is 5.91 Å². The number of rotatable bonds is 7. The van der Waals surface area contributed by atoms with Crippen LogP contribution in [0.4, 0.5) is 0 Å². The molecule has 0 bridgehead atoms. The topological polar surface area (TPSA) is 73.9 Å². The minimum atomic E-state index is -0.377. The van der Waals surface area contributed by atoms with Crippen LogP contribution in [0.25, 0.3) is 0 Å². The molecular weight excluding hydrogens is 238 g/mol. The van der Waals surface area contributed by atoms with Crippen LogP contribution in [0.3, 0.4) is 0 Å². The van der Waals surface area contributed by atoms with E-state index in [0.29, 0.717) is 6.61 Å². The average Bonchev–Trinajstić information content (AvgIpc) is 2.75. The van der Waals surface area contributed by atoms with Gasteiger partial charge in [-0.25, -0.2) is 4.79 Å². The van der Waals surface area contributed by atoms with Crippen LogP contribution >= 0.6 is 0 Å². The van der Waals surface area contributed by atoms with Gasteiger partial charge in [-0.2, -0.15) is 0 Å². The van der Waals surface area contributed by atoms with Gasteiger partial charge in [-0.05, 0) is 6.42 Å². The van der Waals surface area contributed by atoms with Gasteiger partial charge >= 0.3 is 5.97 Å². The Kier molecular flexibility index (Phi) is 6.38. The molecule has 1 aliphatic carbocycles. The molecule has 0 aromatic heterocycles. The molecule has 6 nitrogen and oxygen atoms in total. The van der Waals surface area contributed by atoms with E-state index in [-0.39, 0.29) is 37.0 Å². The van der Waals surface area contributed by atoms with Crippen molar-refractivity contribution in [2.45, 2.75) is 12.5 Å². The van der Waals surface area contributed by atoms with Crippen LogP contribution in [0, 0.1) is 5.92 Å². The summed E-state index contributed by atoms with van der Waals surface area (Å²) in [6.45, 7) is 0.331. The molecule has 0 saturated carbocycles. The van der Waals surface area contributed by atoms with E-state index in [1.807, 2.05) is 12.2 Å². The second-order valence-corrected chi connectivity index (χ2v) is 4.10. The van der Waals surface area contributed by atoms with Gasteiger partial charge in [-0.1, -0.05) is 12.2 Å². The maximum Gasteiger partial charge on any atom is 0.332 e. The highest BCUT2D eigenvalue weighted by Crippen LogP contribution is 2.18. The van der Waals surface area contributed by atoms with Gasteiger partial charge in [0, 0.05) is 26.2 Å². The number of hydrogen-bond acceptors (Lipinski definition) is 5. The van der Waals surface area contributed by atoms with Crippen molar-refractivity contribution < 1.29 is 23.8 Å². The van der Waals surface area contributed by atoms with Crippen LogP contribution in [-0.4, -0.2) is 52.0 Å². The molecule has 0 aromatic rings. The lowest BCUT2D eigenvalue weighted by atomic mass is 10.1. The lowest BCUT2D eigenvalue weighted by molar-refractivity contribution is -0.148. The molecule has 0 saturated heterocycles. The Morgan fingerprint density at radius 2 is 1.94 bits per heavy atom. The van der Waals surface area contributed by atoms with Crippen molar-refractivity contribution in [3.8, 4) is 0 Å². The normalized spacial score (nSPS) is 21.9. The Balaban J connectivity index is 2.19. The molecular formula is C12H19NO5. The smallest absolute Gasteiger partial charge is 0.332 e. The molecule has 1 N–H and O–H groups in total. The van der Waals surface area contributed by atoms with Crippen molar-refractivity contribution in [1.82, 2.24) is 5.32 Å². The molecule has 0 unspecified atom stereocenters. The van der Waals surface area contributed by atoms with E-state index < -0.39 is 0 Å². The molecule has 0 fully saturated rings. The molecule has 0 aromatic carbocycles. The van der Waals surface area contributed by atoms with E-state index in [1.54, 1.807) is 0 Å². The van der Waals surface area contributed by atoms with E-state index in [4.69, 9.17) is 9.47 Å². The van der Waals surface area contributed by atoms with E-state index >= 15 is 0 Å². The number of ether oxygens (including phenoxy) is 3. The lowest BCUT2D eigenvalue weighted by Crippen LogP contribution is -2.35. The Labute approximate surface area is 106 Å². The highest BCUT2D eigenvalue weighted by atomic mass is 16.6. The van der Waals surface area contributed by atoms with Gasteiger partial charge in [-0.3, -0.25) is 4.79 Å². The van der Waals surface area contributed by atoms with Crippen LogP contribution < -0.4 is 5.32 Å². The zero-order valence-corrected chi connectivity index (χ0v) is 10.7. The summed E-state index contributed by atoms with van der Waals surface area (Å²) < 4.78 is 14.4. The summed E-state index contributed by atoms with van der Waals surface area (Å²) in [5, 5.41) is 2.81. The maximum absolute atomic E-state index is 11.3. The number of nitrogens with one attached hydrogen (secondary N) is 1. The van der Waals surface area contributed by atoms with Gasteiger partial charge in [0.15, 0.2) is 0 Å². The highest BCUT2D eigenvalue weighted by Gasteiger charge is 2.21. The van der Waals surface area contributed by atoms with Crippen molar-refractivity contribution >= 4 is 11.9 Å². The number of hydrogen-bond donors (Lipinski definition) is 1. The van der Waals surface area contributed by atoms with Gasteiger partial charge in [0.1, 0.15) is 13.2 Å². The first-order valence-electron chi connectivity index (χ1n) is 5.77. The van der Waals surface area contributed by atoms with Gasteiger partial charge in [-0.15, -0.1) is 0 Å². The fourth-order valence-electron chi connectivity index (χ4n) is 1.74. The van der Waals surface area contributed by atoms with Crippen molar-refractivity contribution in [2.24, 2.45) is 5.92 Å². The maximum atomic E-state index is 11.3. The Bertz CT molecular complexity index is 316. The number of methoxy groups -OCH3 is 2. The molecule has 0 spiro atoms. The van der Waals surface area contributed by atoms with Crippen molar-refractivity contribution in [2.75, 3.05) is 34.0 Å². The molecule has 0 aliphatic heterocycles. The van der Waals surface area contributed by atoms with E-state index in [2.05, 4.69) is 10.1 Å². The van der Waals surface area contributed by atoms with Crippen molar-refractivity contribution in [3.63, 3.8) is 0 Å². The average molecular weight is 257 g/mol. The summed E-state index contributed by atoms with van der Waals surface area (Å²) in [5.41, 5.74) is 0. The van der Waals surface area contributed by atoms with Crippen molar-refractivity contribution in [3.05, 3.63) is 12.2 Å². The molecule has 2 atom stereocenters. The molecule has 1 rings (SSSR count). The number of esters is 1. The fraction of sp³-hybridized carbons (Fsp3) is 0.667. The molecule has 6 heteroatoms. The van der Waals surface area contributed by atoms with Crippen LogP contribution in [-0.2, 0) is 23.8 Å². The first-order valence-corrected chi connectivity index (χ1v) is 5.77. The SMILES string of the molecule is COCC(=O)N[C@@H]1C=C[C@H](COC(=O)COC)C1. The summed E-state index contributed by atoms with van der Waals surface area (Å²) in [6, 6.07) is -0.0150. The zero-order valence-electron chi connectivity index (χ0n) is 10.7. The Morgan fingerprint density at radius 1 is 1.22 bits per heavy atom. The first kappa shape index (κ1) is 14.7. The van der Waals surface area contributed by atoms with Gasteiger partial charge < -0.3 is 19.5 Å². The Morgan fingerprint density at radius 3 is 2.61 bits per heavy atom. The summed E-state index contributed by atoms with van der Waals surface area (Å²) in [7, 11) is 2.92. The summed E-state index contributed by atoms with van der Waals surface area (Å²) in [5.74, 6) is -0.388. The van der Waals surface area contributed by atoms with Crippen LogP contribution in [0.15, 0.2) is 12.2 Å². The highest BCUT2D eigenvalue weighted by molar-refractivity contribution is 5.77. The standard InChI is InChI=1S/C12H19NO5/c1-16-7-11(14)13-10-4-3-9(5-10)6-18-12(15)8-17-2/h3-4,9-10H,5-8H2,1-2H3,(H,13,14)/t9-,10+/m0/s1. The fourth-order valence-corrected chi connectivity index (χ4v) is 1.74. The van der Waals surface area contributed by atoms with Crippen LogP contribution in [0.1, 0.15) is 6.42 Å². The molecule has 0 heterocycles. The first-order chi connectivity index (χ1) is 8.65. The van der Waals surface area contributed by atoms with Gasteiger partial charge in [0.05, 0.1) is 6.61 Å². The zero-order chi connectivity index (χ0) is 13.4. The third-order valence-corrected chi connectivity index (χ3v) is 2.51. The summed E-state index contributed by atoms with van der Waals surface area (Å²) in [6.07, 6.45) is 4.58. The minimum Gasteiger partial charge on any atom is -0.463 e. The molecule has 0 radical (unpaired) electrons. The predicted molar refractivity (Wildman–Crippen MR) is 63.9 cm³/mol. The molecule has 102 valence electrons.